The van der Waals surface area contributed by atoms with Crippen molar-refractivity contribution in [2.24, 2.45) is 0 Å². The van der Waals surface area contributed by atoms with Gasteiger partial charge in [0.15, 0.2) is 6.10 Å². The van der Waals surface area contributed by atoms with Crippen LogP contribution in [0.4, 0.5) is 0 Å². The zero-order valence-electron chi connectivity index (χ0n) is 11.7. The Labute approximate surface area is 119 Å². The van der Waals surface area contributed by atoms with Crippen molar-refractivity contribution < 1.29 is 14.3 Å². The van der Waals surface area contributed by atoms with E-state index in [9.17, 15) is 4.79 Å². The first kappa shape index (κ1) is 14.3. The van der Waals surface area contributed by atoms with E-state index in [1.54, 1.807) is 0 Å². The van der Waals surface area contributed by atoms with Gasteiger partial charge < -0.3 is 9.47 Å². The van der Waals surface area contributed by atoms with Gasteiger partial charge in [0.05, 0.1) is 13.7 Å². The van der Waals surface area contributed by atoms with Gasteiger partial charge in [-0.3, -0.25) is 0 Å². The van der Waals surface area contributed by atoms with Crippen LogP contribution >= 0.6 is 0 Å². The summed E-state index contributed by atoms with van der Waals surface area (Å²) in [6, 6.07) is 17.4. The van der Waals surface area contributed by atoms with Gasteiger partial charge in [-0.05, 0) is 18.1 Å². The molecule has 20 heavy (non-hydrogen) atoms. The normalized spacial score (nSPS) is 11.9. The Hall–Kier alpha value is -2.13. The molecule has 1 atom stereocenters. The molecule has 0 saturated heterocycles. The van der Waals surface area contributed by atoms with Crippen LogP contribution in [-0.4, -0.2) is 13.1 Å². The van der Waals surface area contributed by atoms with Crippen molar-refractivity contribution in [1.29, 1.82) is 0 Å². The molecule has 2 aromatic carbocycles. The molecule has 0 bridgehead atoms. The fourth-order valence-corrected chi connectivity index (χ4v) is 1.90. The minimum atomic E-state index is -0.692. The summed E-state index contributed by atoms with van der Waals surface area (Å²) < 4.78 is 10.5. The Morgan fingerprint density at radius 3 is 2.30 bits per heavy atom. The molecule has 0 saturated carbocycles. The van der Waals surface area contributed by atoms with Crippen LogP contribution in [-0.2, 0) is 20.9 Å². The third-order valence-corrected chi connectivity index (χ3v) is 3.05. The second-order valence-corrected chi connectivity index (χ2v) is 4.61. The summed E-state index contributed by atoms with van der Waals surface area (Å²) in [5.74, 6) is -0.386. The van der Waals surface area contributed by atoms with Gasteiger partial charge in [-0.25, -0.2) is 4.79 Å². The van der Waals surface area contributed by atoms with Gasteiger partial charge in [-0.2, -0.15) is 0 Å². The van der Waals surface area contributed by atoms with E-state index in [-0.39, 0.29) is 5.97 Å². The van der Waals surface area contributed by atoms with Gasteiger partial charge in [0.25, 0.3) is 0 Å². The zero-order chi connectivity index (χ0) is 14.4. The molecule has 0 N–H and O–H groups in total. The lowest BCUT2D eigenvalue weighted by Crippen LogP contribution is -2.17. The van der Waals surface area contributed by atoms with Gasteiger partial charge >= 0.3 is 5.97 Å². The first-order valence-corrected chi connectivity index (χ1v) is 6.50. The maximum absolute atomic E-state index is 11.8. The molecule has 2 rings (SSSR count). The zero-order valence-corrected chi connectivity index (χ0v) is 11.7. The van der Waals surface area contributed by atoms with E-state index in [0.29, 0.717) is 6.61 Å². The SMILES string of the molecule is COC(=O)[C@H](OCc1ccc(C)cc1)c1ccccc1. The van der Waals surface area contributed by atoms with Crippen LogP contribution in [0.1, 0.15) is 22.8 Å². The molecule has 3 heteroatoms. The molecule has 0 unspecified atom stereocenters. The number of carbonyl (C=O) groups is 1. The Balaban J connectivity index is 2.09. The standard InChI is InChI=1S/C17H18O3/c1-13-8-10-14(11-9-13)12-20-16(17(18)19-2)15-6-4-3-5-7-15/h3-11,16H,12H2,1-2H3/t16-/m1/s1. The number of rotatable bonds is 5. The molecule has 0 radical (unpaired) electrons. The second kappa shape index (κ2) is 6.87. The van der Waals surface area contributed by atoms with Gasteiger partial charge in [0.2, 0.25) is 0 Å². The topological polar surface area (TPSA) is 35.5 Å². The van der Waals surface area contributed by atoms with Crippen molar-refractivity contribution in [3.05, 3.63) is 71.3 Å². The van der Waals surface area contributed by atoms with Gasteiger partial charge in [-0.15, -0.1) is 0 Å². The molecule has 0 spiro atoms. The van der Waals surface area contributed by atoms with Crippen molar-refractivity contribution >= 4 is 5.97 Å². The fourth-order valence-electron chi connectivity index (χ4n) is 1.90. The van der Waals surface area contributed by atoms with Crippen LogP contribution < -0.4 is 0 Å². The Morgan fingerprint density at radius 2 is 1.70 bits per heavy atom. The van der Waals surface area contributed by atoms with Crippen molar-refractivity contribution in [3.8, 4) is 0 Å². The minimum absolute atomic E-state index is 0.370. The second-order valence-electron chi connectivity index (χ2n) is 4.61. The largest absolute Gasteiger partial charge is 0.467 e. The molecule has 2 aromatic rings. The quantitative estimate of drug-likeness (QED) is 0.781. The van der Waals surface area contributed by atoms with Crippen molar-refractivity contribution in [2.45, 2.75) is 19.6 Å². The molecule has 104 valence electrons. The highest BCUT2D eigenvalue weighted by Gasteiger charge is 2.21. The summed E-state index contributed by atoms with van der Waals surface area (Å²) in [7, 11) is 1.37. The Kier molecular flexibility index (Phi) is 4.91. The average Bonchev–Trinajstić information content (AvgIpc) is 2.50. The van der Waals surface area contributed by atoms with Crippen molar-refractivity contribution in [2.75, 3.05) is 7.11 Å². The molecule has 0 amide bonds. The van der Waals surface area contributed by atoms with Crippen molar-refractivity contribution in [3.63, 3.8) is 0 Å². The Morgan fingerprint density at radius 1 is 1.05 bits per heavy atom. The molecule has 0 aliphatic heterocycles. The van der Waals surface area contributed by atoms with E-state index < -0.39 is 6.10 Å². The van der Waals surface area contributed by atoms with Gasteiger partial charge in [0, 0.05) is 0 Å². The van der Waals surface area contributed by atoms with Crippen molar-refractivity contribution in [1.82, 2.24) is 0 Å². The van der Waals surface area contributed by atoms with E-state index in [2.05, 4.69) is 0 Å². The fraction of sp³-hybridized carbons (Fsp3) is 0.235. The number of methoxy groups -OCH3 is 1. The van der Waals surface area contributed by atoms with Crippen LogP contribution in [0, 0.1) is 6.92 Å². The minimum Gasteiger partial charge on any atom is -0.467 e. The number of ether oxygens (including phenoxy) is 2. The number of esters is 1. The van der Waals surface area contributed by atoms with Crippen LogP contribution in [0.25, 0.3) is 0 Å². The van der Waals surface area contributed by atoms with Crippen LogP contribution in [0.5, 0.6) is 0 Å². The third kappa shape index (κ3) is 3.68. The van der Waals surface area contributed by atoms with Crippen LogP contribution in [0.2, 0.25) is 0 Å². The lowest BCUT2D eigenvalue weighted by Gasteiger charge is -2.16. The van der Waals surface area contributed by atoms with Gasteiger partial charge in [-0.1, -0.05) is 60.2 Å². The van der Waals surface area contributed by atoms with Crippen LogP contribution in [0.15, 0.2) is 54.6 Å². The molecule has 0 fully saturated rings. The van der Waals surface area contributed by atoms with E-state index in [1.807, 2.05) is 61.5 Å². The van der Waals surface area contributed by atoms with E-state index in [4.69, 9.17) is 9.47 Å². The highest BCUT2D eigenvalue weighted by molar-refractivity contribution is 5.76. The van der Waals surface area contributed by atoms with E-state index >= 15 is 0 Å². The first-order valence-electron chi connectivity index (χ1n) is 6.50. The van der Waals surface area contributed by atoms with Crippen LogP contribution in [0.3, 0.4) is 0 Å². The Bertz CT molecular complexity index is 546. The summed E-state index contributed by atoms with van der Waals surface area (Å²) >= 11 is 0. The summed E-state index contributed by atoms with van der Waals surface area (Å²) in [6.07, 6.45) is -0.692. The third-order valence-electron chi connectivity index (χ3n) is 3.05. The highest BCUT2D eigenvalue weighted by atomic mass is 16.6. The maximum Gasteiger partial charge on any atom is 0.339 e. The number of hydrogen-bond acceptors (Lipinski definition) is 3. The molecule has 0 heterocycles. The molecule has 0 aliphatic rings. The smallest absolute Gasteiger partial charge is 0.339 e. The van der Waals surface area contributed by atoms with Gasteiger partial charge in [0.1, 0.15) is 0 Å². The summed E-state index contributed by atoms with van der Waals surface area (Å²) in [5.41, 5.74) is 3.02. The number of aryl methyl sites for hydroxylation is 1. The average molecular weight is 270 g/mol. The molecule has 0 aliphatic carbocycles. The predicted octanol–water partition coefficient (Wildman–Crippen LogP) is 3.43. The predicted molar refractivity (Wildman–Crippen MR) is 77.2 cm³/mol. The highest BCUT2D eigenvalue weighted by Crippen LogP contribution is 2.20. The molecule has 3 nitrogen and oxygen atoms in total. The lowest BCUT2D eigenvalue weighted by molar-refractivity contribution is -0.155. The monoisotopic (exact) mass is 270 g/mol. The van der Waals surface area contributed by atoms with E-state index in [0.717, 1.165) is 11.1 Å². The van der Waals surface area contributed by atoms with E-state index in [1.165, 1.54) is 12.7 Å². The molecule has 0 aromatic heterocycles. The number of hydrogen-bond donors (Lipinski definition) is 0. The lowest BCUT2D eigenvalue weighted by atomic mass is 10.1. The molecular weight excluding hydrogens is 252 g/mol. The molecular formula is C17H18O3. The summed E-state index contributed by atoms with van der Waals surface area (Å²) in [5, 5.41) is 0. The number of benzene rings is 2. The summed E-state index contributed by atoms with van der Waals surface area (Å²) in [6.45, 7) is 2.40. The first-order chi connectivity index (χ1) is 9.70. The summed E-state index contributed by atoms with van der Waals surface area (Å²) in [4.78, 5) is 11.8. The maximum atomic E-state index is 11.8. The number of carbonyl (C=O) groups excluding carboxylic acids is 1.